The number of fused-ring (bicyclic) bond motifs is 1. The first-order valence-corrected chi connectivity index (χ1v) is 12.2. The van der Waals surface area contributed by atoms with E-state index in [0.717, 1.165) is 29.7 Å². The smallest absolute Gasteiger partial charge is 0.310 e. The monoisotopic (exact) mass is 498 g/mol. The number of hydrogen-bond donors (Lipinski definition) is 1. The summed E-state index contributed by atoms with van der Waals surface area (Å²) >= 11 is 0. The molecule has 2 aromatic carbocycles. The van der Waals surface area contributed by atoms with E-state index in [-0.39, 0.29) is 23.7 Å². The molecule has 2 aliphatic rings. The molecular formula is C29H26N2O6. The molecule has 3 aromatic rings. The fraction of sp³-hybridized carbons (Fsp3) is 0.241. The predicted octanol–water partition coefficient (Wildman–Crippen LogP) is 4.14. The van der Waals surface area contributed by atoms with Crippen molar-refractivity contribution in [1.82, 2.24) is 4.98 Å². The van der Waals surface area contributed by atoms with Crippen LogP contribution in [0.2, 0.25) is 0 Å². The van der Waals surface area contributed by atoms with Crippen LogP contribution in [-0.4, -0.2) is 41.0 Å². The van der Waals surface area contributed by atoms with E-state index in [2.05, 4.69) is 4.98 Å². The van der Waals surface area contributed by atoms with Crippen molar-refractivity contribution < 1.29 is 29.0 Å². The maximum Gasteiger partial charge on any atom is 0.310 e. The molecule has 37 heavy (non-hydrogen) atoms. The quantitative estimate of drug-likeness (QED) is 0.236. The number of carbonyl (C=O) groups is 3. The normalized spacial score (nSPS) is 18.3. The summed E-state index contributed by atoms with van der Waals surface area (Å²) in [6.07, 6.45) is 4.92. The Balaban J connectivity index is 1.57. The Morgan fingerprint density at radius 3 is 2.59 bits per heavy atom. The van der Waals surface area contributed by atoms with Crippen LogP contribution in [0.15, 0.2) is 72.6 Å². The number of Topliss-reactive ketones (excluding diaryl/α,β-unsaturated/α-hetero) is 1. The van der Waals surface area contributed by atoms with Crippen molar-refractivity contribution in [3.05, 3.63) is 94.8 Å². The number of ketones is 1. The Kier molecular flexibility index (Phi) is 6.72. The fourth-order valence-corrected chi connectivity index (χ4v) is 4.78. The summed E-state index contributed by atoms with van der Waals surface area (Å²) in [5, 5.41) is 11.4. The van der Waals surface area contributed by atoms with Crippen molar-refractivity contribution in [2.24, 2.45) is 0 Å². The van der Waals surface area contributed by atoms with Crippen LogP contribution in [0.3, 0.4) is 0 Å². The molecule has 0 bridgehead atoms. The molecule has 1 atom stereocenters. The van der Waals surface area contributed by atoms with Gasteiger partial charge in [-0.1, -0.05) is 12.1 Å². The first kappa shape index (κ1) is 24.2. The summed E-state index contributed by atoms with van der Waals surface area (Å²) in [6, 6.07) is 14.7. The molecule has 1 saturated heterocycles. The Labute approximate surface area is 214 Å². The van der Waals surface area contributed by atoms with Gasteiger partial charge in [-0.3, -0.25) is 24.3 Å². The minimum absolute atomic E-state index is 0.00322. The third-order valence-corrected chi connectivity index (χ3v) is 6.52. The molecule has 0 aliphatic carbocycles. The lowest BCUT2D eigenvalue weighted by atomic mass is 9.94. The maximum absolute atomic E-state index is 13.4. The number of esters is 1. The number of nitrogens with zero attached hydrogens (tertiary/aromatic N) is 2. The van der Waals surface area contributed by atoms with E-state index in [1.54, 1.807) is 67.8 Å². The zero-order valence-corrected chi connectivity index (χ0v) is 20.3. The number of aliphatic hydroxyl groups is 1. The third kappa shape index (κ3) is 4.70. The number of pyridine rings is 1. The van der Waals surface area contributed by atoms with Gasteiger partial charge in [0.05, 0.1) is 31.2 Å². The molecule has 1 unspecified atom stereocenters. The lowest BCUT2D eigenvalue weighted by Crippen LogP contribution is -2.29. The van der Waals surface area contributed by atoms with E-state index < -0.39 is 17.7 Å². The van der Waals surface area contributed by atoms with E-state index in [0.29, 0.717) is 30.0 Å². The number of amides is 1. The Morgan fingerprint density at radius 1 is 1.11 bits per heavy atom. The van der Waals surface area contributed by atoms with E-state index in [9.17, 15) is 19.5 Å². The second-order valence-electron chi connectivity index (χ2n) is 8.87. The first-order valence-electron chi connectivity index (χ1n) is 12.2. The zero-order chi connectivity index (χ0) is 25.9. The number of hydrogen-bond acceptors (Lipinski definition) is 7. The molecule has 3 heterocycles. The van der Waals surface area contributed by atoms with Crippen LogP contribution < -0.4 is 9.64 Å². The summed E-state index contributed by atoms with van der Waals surface area (Å²) in [5.74, 6) is -1.35. The van der Waals surface area contributed by atoms with Crippen LogP contribution in [0.5, 0.6) is 5.75 Å². The molecule has 8 nitrogen and oxygen atoms in total. The van der Waals surface area contributed by atoms with Crippen molar-refractivity contribution in [3.63, 3.8) is 0 Å². The summed E-state index contributed by atoms with van der Waals surface area (Å²) in [5.41, 5.74) is 3.22. The average molecular weight is 499 g/mol. The van der Waals surface area contributed by atoms with E-state index in [1.807, 2.05) is 6.07 Å². The van der Waals surface area contributed by atoms with Crippen molar-refractivity contribution in [1.29, 1.82) is 0 Å². The number of aromatic nitrogens is 1. The lowest BCUT2D eigenvalue weighted by molar-refractivity contribution is -0.142. The van der Waals surface area contributed by atoms with E-state index >= 15 is 0 Å². The molecule has 2 aliphatic heterocycles. The highest BCUT2D eigenvalue weighted by molar-refractivity contribution is 6.51. The van der Waals surface area contributed by atoms with Crippen LogP contribution in [0.4, 0.5) is 5.69 Å². The average Bonchev–Trinajstić information content (AvgIpc) is 3.19. The van der Waals surface area contributed by atoms with Gasteiger partial charge in [-0.25, -0.2) is 0 Å². The van der Waals surface area contributed by atoms with Gasteiger partial charge in [0.1, 0.15) is 11.5 Å². The minimum Gasteiger partial charge on any atom is -0.507 e. The van der Waals surface area contributed by atoms with Crippen molar-refractivity contribution in [3.8, 4) is 5.75 Å². The summed E-state index contributed by atoms with van der Waals surface area (Å²) in [4.78, 5) is 44.0. The lowest BCUT2D eigenvalue weighted by Gasteiger charge is -2.25. The Hall–Kier alpha value is -4.46. The number of ether oxygens (including phenoxy) is 2. The van der Waals surface area contributed by atoms with Crippen LogP contribution in [0.25, 0.3) is 5.76 Å². The van der Waals surface area contributed by atoms with Crippen LogP contribution in [-0.2, 0) is 32.0 Å². The molecule has 0 radical (unpaired) electrons. The van der Waals surface area contributed by atoms with Gasteiger partial charge >= 0.3 is 5.97 Å². The second kappa shape index (κ2) is 10.3. The highest BCUT2D eigenvalue weighted by atomic mass is 16.5. The minimum atomic E-state index is -0.855. The summed E-state index contributed by atoms with van der Waals surface area (Å²) in [6.45, 7) is 2.68. The highest BCUT2D eigenvalue weighted by Gasteiger charge is 2.47. The molecule has 5 rings (SSSR count). The van der Waals surface area contributed by atoms with Gasteiger partial charge < -0.3 is 14.6 Å². The van der Waals surface area contributed by atoms with Crippen molar-refractivity contribution in [2.75, 3.05) is 18.1 Å². The first-order chi connectivity index (χ1) is 18.0. The maximum atomic E-state index is 13.4. The standard InChI is InChI=1S/C29H26N2O6/c1-2-36-24(32)16-18-5-8-22(9-6-18)31-26(19-11-13-30-14-12-19)25(28(34)29(31)35)27(33)21-7-10-23-20(17-21)4-3-15-37-23/h5-14,17,26,33H,2-4,15-16H2,1H3/b27-25-. The molecular weight excluding hydrogens is 472 g/mol. The van der Waals surface area contributed by atoms with Gasteiger partial charge in [0, 0.05) is 23.6 Å². The van der Waals surface area contributed by atoms with Crippen LogP contribution in [0.1, 0.15) is 41.6 Å². The molecule has 188 valence electrons. The van der Waals surface area contributed by atoms with E-state index in [4.69, 9.17) is 9.47 Å². The van der Waals surface area contributed by atoms with Gasteiger partial charge in [-0.15, -0.1) is 0 Å². The molecule has 0 saturated carbocycles. The molecule has 1 fully saturated rings. The molecule has 8 heteroatoms. The highest BCUT2D eigenvalue weighted by Crippen LogP contribution is 2.42. The summed E-state index contributed by atoms with van der Waals surface area (Å²) < 4.78 is 10.7. The van der Waals surface area contributed by atoms with Crippen molar-refractivity contribution >= 4 is 29.1 Å². The molecule has 1 aromatic heterocycles. The molecule has 1 N–H and O–H groups in total. The van der Waals surface area contributed by atoms with Gasteiger partial charge in [0.15, 0.2) is 0 Å². The summed E-state index contributed by atoms with van der Waals surface area (Å²) in [7, 11) is 0. The zero-order valence-electron chi connectivity index (χ0n) is 20.3. The Bertz CT molecular complexity index is 1380. The number of rotatable bonds is 6. The third-order valence-electron chi connectivity index (χ3n) is 6.52. The topological polar surface area (TPSA) is 106 Å². The number of aryl methyl sites for hydroxylation is 1. The second-order valence-corrected chi connectivity index (χ2v) is 8.87. The fourth-order valence-electron chi connectivity index (χ4n) is 4.78. The number of anilines is 1. The Morgan fingerprint density at radius 2 is 1.86 bits per heavy atom. The van der Waals surface area contributed by atoms with Gasteiger partial charge in [0.2, 0.25) is 0 Å². The predicted molar refractivity (Wildman–Crippen MR) is 136 cm³/mol. The van der Waals surface area contributed by atoms with Crippen molar-refractivity contribution in [2.45, 2.75) is 32.2 Å². The van der Waals surface area contributed by atoms with Crippen LogP contribution >= 0.6 is 0 Å². The number of carbonyl (C=O) groups excluding carboxylic acids is 3. The van der Waals surface area contributed by atoms with Crippen LogP contribution in [0, 0.1) is 0 Å². The number of aliphatic hydroxyl groups excluding tert-OH is 1. The largest absolute Gasteiger partial charge is 0.507 e. The van der Waals surface area contributed by atoms with Gasteiger partial charge in [-0.2, -0.15) is 0 Å². The molecule has 1 amide bonds. The molecule has 0 spiro atoms. The number of benzene rings is 2. The van der Waals surface area contributed by atoms with E-state index in [1.165, 1.54) is 4.90 Å². The SMILES string of the molecule is CCOC(=O)Cc1ccc(N2C(=O)C(=O)/C(=C(\O)c3ccc4c(c3)CCCO4)C2c2ccncc2)cc1. The van der Waals surface area contributed by atoms with Gasteiger partial charge in [-0.05, 0) is 78.9 Å². The van der Waals surface area contributed by atoms with Gasteiger partial charge in [0.25, 0.3) is 11.7 Å².